The first-order valence-corrected chi connectivity index (χ1v) is 2.02. The molecule has 0 amide bonds. The molecule has 3 heteroatoms. The van der Waals surface area contributed by atoms with Gasteiger partial charge in [0.05, 0.1) is 6.07 Å². The molecule has 0 atom stereocenters. The molecule has 0 aromatic rings. The summed E-state index contributed by atoms with van der Waals surface area (Å²) in [4.78, 5) is 0. The van der Waals surface area contributed by atoms with Crippen molar-refractivity contribution in [3.63, 3.8) is 0 Å². The minimum Gasteiger partial charge on any atom is -0.193 e. The van der Waals surface area contributed by atoms with Gasteiger partial charge in [0.1, 0.15) is 0 Å². The topological polar surface area (TPSA) is 71.4 Å². The molecule has 0 aliphatic carbocycles. The van der Waals surface area contributed by atoms with Crippen LogP contribution in [-0.4, -0.2) is 0 Å². The van der Waals surface area contributed by atoms with Crippen molar-refractivity contribution in [3.8, 4) is 18.2 Å². The van der Waals surface area contributed by atoms with E-state index in [1.165, 1.54) is 12.1 Å². The third-order valence-electron chi connectivity index (χ3n) is 0.241. The average molecular weight is 119 g/mol. The molecule has 0 aliphatic heterocycles. The summed E-state index contributed by atoms with van der Waals surface area (Å²) in [5.41, 5.74) is 0.560. The first-order valence-electron chi connectivity index (χ1n) is 2.02. The molecule has 0 N–H and O–H groups in total. The van der Waals surface area contributed by atoms with Gasteiger partial charge in [0.15, 0.2) is 12.1 Å². The van der Waals surface area contributed by atoms with Gasteiger partial charge < -0.3 is 0 Å². The Labute approximate surface area is 54.1 Å². The van der Waals surface area contributed by atoms with Crippen LogP contribution in [0, 0.1) is 34.0 Å². The van der Waals surface area contributed by atoms with Crippen LogP contribution >= 0.6 is 0 Å². The molecule has 0 fully saturated rings. The van der Waals surface area contributed by atoms with E-state index in [1.54, 1.807) is 6.92 Å². The van der Waals surface area contributed by atoms with Crippen LogP contribution in [0.4, 0.5) is 0 Å². The van der Waals surface area contributed by atoms with E-state index in [9.17, 15) is 0 Å². The number of nitriles is 3. The highest BCUT2D eigenvalue weighted by Gasteiger charge is 1.64. The van der Waals surface area contributed by atoms with Gasteiger partial charge in [-0.15, -0.1) is 0 Å². The molecule has 44 valence electrons. The third kappa shape index (κ3) is 75.2. The van der Waals surface area contributed by atoms with Crippen molar-refractivity contribution in [1.29, 1.82) is 15.8 Å². The molecule has 3 nitrogen and oxygen atoms in total. The van der Waals surface area contributed by atoms with Crippen molar-refractivity contribution in [2.75, 3.05) is 0 Å². The predicted octanol–water partition coefficient (Wildman–Crippen LogP) is 1.12. The van der Waals surface area contributed by atoms with Gasteiger partial charge >= 0.3 is 0 Å². The van der Waals surface area contributed by atoms with E-state index in [2.05, 4.69) is 6.58 Å². The van der Waals surface area contributed by atoms with Crippen LogP contribution in [0.1, 0.15) is 6.92 Å². The summed E-state index contributed by atoms with van der Waals surface area (Å²) in [6, 6.07) is 4.31. The highest BCUT2D eigenvalue weighted by atomic mass is 14.3. The molecule has 0 aromatic heterocycles. The molecular formula is C6H5N3. The monoisotopic (exact) mass is 119 g/mol. The van der Waals surface area contributed by atoms with Gasteiger partial charge in [-0.1, -0.05) is 6.58 Å². The van der Waals surface area contributed by atoms with Gasteiger partial charge in [-0.25, -0.2) is 0 Å². The minimum atomic E-state index is 0.560. The van der Waals surface area contributed by atoms with Crippen LogP contribution in [0.15, 0.2) is 12.2 Å². The van der Waals surface area contributed by atoms with Gasteiger partial charge in [0.25, 0.3) is 0 Å². The summed E-state index contributed by atoms with van der Waals surface area (Å²) in [6.07, 6.45) is 0. The Bertz CT molecular complexity index is 184. The summed E-state index contributed by atoms with van der Waals surface area (Å²) < 4.78 is 0. The zero-order chi connectivity index (χ0) is 7.70. The van der Waals surface area contributed by atoms with Crippen molar-refractivity contribution in [3.05, 3.63) is 12.2 Å². The van der Waals surface area contributed by atoms with Crippen LogP contribution in [-0.2, 0) is 0 Å². The second kappa shape index (κ2) is 9.51. The van der Waals surface area contributed by atoms with E-state index in [-0.39, 0.29) is 0 Å². The second-order valence-corrected chi connectivity index (χ2v) is 1.12. The molecule has 0 unspecified atom stereocenters. The molecule has 0 spiro atoms. The van der Waals surface area contributed by atoms with E-state index in [0.29, 0.717) is 5.57 Å². The highest BCUT2D eigenvalue weighted by molar-refractivity contribution is 5.11. The van der Waals surface area contributed by atoms with Gasteiger partial charge in [0.2, 0.25) is 0 Å². The molecule has 9 heavy (non-hydrogen) atoms. The van der Waals surface area contributed by atoms with E-state index in [4.69, 9.17) is 15.8 Å². The fraction of sp³-hybridized carbons (Fsp3) is 0.167. The fourth-order valence-corrected chi connectivity index (χ4v) is 0. The van der Waals surface area contributed by atoms with E-state index in [0.717, 1.165) is 0 Å². The van der Waals surface area contributed by atoms with Gasteiger partial charge in [-0.05, 0) is 6.92 Å². The standard InChI is InChI=1S/C4H5N.C2N2/c1-4(2)3-5;3-1-2-4/h1H2,2H3;. The highest BCUT2D eigenvalue weighted by Crippen LogP contribution is 1.74. The SMILES string of the molecule is C=C(C)C#N.N#CC#N. The van der Waals surface area contributed by atoms with Crippen molar-refractivity contribution in [1.82, 2.24) is 0 Å². The predicted molar refractivity (Wildman–Crippen MR) is 31.7 cm³/mol. The summed E-state index contributed by atoms with van der Waals surface area (Å²) in [5.74, 6) is 0. The molecule has 0 aromatic carbocycles. The third-order valence-corrected chi connectivity index (χ3v) is 0.241. The van der Waals surface area contributed by atoms with Crippen LogP contribution in [0.5, 0.6) is 0 Å². The van der Waals surface area contributed by atoms with Gasteiger partial charge in [-0.3, -0.25) is 0 Å². The molecule has 0 heterocycles. The lowest BCUT2D eigenvalue weighted by Crippen LogP contribution is -1.51. The maximum absolute atomic E-state index is 7.79. The number of hydrogen-bond donors (Lipinski definition) is 0. The number of allylic oxidation sites excluding steroid dienone is 1. The van der Waals surface area contributed by atoms with E-state index in [1.807, 2.05) is 6.07 Å². The molecule has 0 radical (unpaired) electrons. The van der Waals surface area contributed by atoms with Gasteiger partial charge in [0, 0.05) is 5.57 Å². The van der Waals surface area contributed by atoms with Crippen molar-refractivity contribution in [2.24, 2.45) is 0 Å². The summed E-state index contributed by atoms with van der Waals surface area (Å²) in [5, 5.41) is 22.3. The summed E-state index contributed by atoms with van der Waals surface area (Å²) in [7, 11) is 0. The Morgan fingerprint density at radius 1 is 1.22 bits per heavy atom. The van der Waals surface area contributed by atoms with E-state index >= 15 is 0 Å². The van der Waals surface area contributed by atoms with Crippen LogP contribution in [0.2, 0.25) is 0 Å². The zero-order valence-corrected chi connectivity index (χ0v) is 5.05. The quantitative estimate of drug-likeness (QED) is 0.448. The lowest BCUT2D eigenvalue weighted by Gasteiger charge is -1.61. The first kappa shape index (κ1) is 10.2. The number of nitrogens with zero attached hydrogens (tertiary/aromatic N) is 3. The molecule has 0 rings (SSSR count). The van der Waals surface area contributed by atoms with E-state index < -0.39 is 0 Å². The minimum absolute atomic E-state index is 0.560. The normalized spacial score (nSPS) is 4.22. The average Bonchev–Trinajstić information content (AvgIpc) is 1.89. The van der Waals surface area contributed by atoms with Crippen molar-refractivity contribution in [2.45, 2.75) is 6.92 Å². The Hall–Kier alpha value is -1.79. The van der Waals surface area contributed by atoms with Crippen LogP contribution < -0.4 is 0 Å². The molecule has 0 aliphatic rings. The summed E-state index contributed by atoms with van der Waals surface area (Å²) >= 11 is 0. The van der Waals surface area contributed by atoms with Crippen LogP contribution in [0.3, 0.4) is 0 Å². The first-order chi connectivity index (χ1) is 4.18. The molecule has 0 saturated carbocycles. The largest absolute Gasteiger partial charge is 0.193 e. The Morgan fingerprint density at radius 3 is 1.44 bits per heavy atom. The number of rotatable bonds is 0. The Kier molecular flexibility index (Phi) is 10.8. The second-order valence-electron chi connectivity index (χ2n) is 1.12. The summed E-state index contributed by atoms with van der Waals surface area (Å²) in [6.45, 7) is 4.98. The fourth-order valence-electron chi connectivity index (χ4n) is 0. The maximum atomic E-state index is 7.79. The zero-order valence-electron chi connectivity index (χ0n) is 5.05. The maximum Gasteiger partial charge on any atom is 0.181 e. The Balaban J connectivity index is 0. The Morgan fingerprint density at radius 2 is 1.44 bits per heavy atom. The van der Waals surface area contributed by atoms with Crippen molar-refractivity contribution < 1.29 is 0 Å². The van der Waals surface area contributed by atoms with Crippen molar-refractivity contribution >= 4 is 0 Å². The lowest BCUT2D eigenvalue weighted by atomic mass is 10.4. The van der Waals surface area contributed by atoms with Crippen LogP contribution in [0.25, 0.3) is 0 Å². The smallest absolute Gasteiger partial charge is 0.181 e. The molecule has 0 bridgehead atoms. The number of hydrogen-bond acceptors (Lipinski definition) is 3. The molecule has 0 saturated heterocycles. The molecular weight excluding hydrogens is 114 g/mol. The van der Waals surface area contributed by atoms with Gasteiger partial charge in [-0.2, -0.15) is 15.8 Å². The lowest BCUT2D eigenvalue weighted by molar-refractivity contribution is 1.46.